The number of piperidine rings is 1. The second kappa shape index (κ2) is 6.89. The lowest BCUT2D eigenvalue weighted by molar-refractivity contribution is -0.135. The molecule has 1 aliphatic heterocycles. The molecule has 3 aromatic rings. The van der Waals surface area contributed by atoms with Crippen LogP contribution >= 0.6 is 11.6 Å². The van der Waals surface area contributed by atoms with Crippen molar-refractivity contribution < 1.29 is 9.59 Å². The van der Waals surface area contributed by atoms with Crippen LogP contribution in [0.5, 0.6) is 0 Å². The van der Waals surface area contributed by atoms with Gasteiger partial charge >= 0.3 is 0 Å². The van der Waals surface area contributed by atoms with Crippen LogP contribution in [0.1, 0.15) is 31.2 Å². The minimum absolute atomic E-state index is 0.0939. The molecule has 1 aliphatic rings. The number of hydrogen-bond acceptors (Lipinski definition) is 2. The third-order valence-corrected chi connectivity index (χ3v) is 5.90. The van der Waals surface area contributed by atoms with E-state index in [1.54, 1.807) is 0 Å². The number of nitrogens with two attached hydrogens (primary N) is 1. The number of rotatable bonds is 3. The predicted octanol–water partition coefficient (Wildman–Crippen LogP) is 3.80. The Morgan fingerprint density at radius 3 is 2.56 bits per heavy atom. The summed E-state index contributed by atoms with van der Waals surface area (Å²) in [5.41, 5.74) is 8.38. The second-order valence-corrected chi connectivity index (χ2v) is 7.78. The maximum absolute atomic E-state index is 12.9. The van der Waals surface area contributed by atoms with Gasteiger partial charge in [0.25, 0.3) is 0 Å². The highest BCUT2D eigenvalue weighted by molar-refractivity contribution is 6.31. The summed E-state index contributed by atoms with van der Waals surface area (Å²) in [4.78, 5) is 29.5. The van der Waals surface area contributed by atoms with Crippen molar-refractivity contribution in [3.8, 4) is 0 Å². The quantitative estimate of drug-likeness (QED) is 0.721. The van der Waals surface area contributed by atoms with Crippen LogP contribution in [-0.4, -0.2) is 34.8 Å². The molecule has 2 heterocycles. The van der Waals surface area contributed by atoms with Gasteiger partial charge in [0, 0.05) is 45.8 Å². The largest absolute Gasteiger partial charge is 0.369 e. The van der Waals surface area contributed by atoms with Crippen molar-refractivity contribution in [2.45, 2.75) is 25.7 Å². The number of fused-ring (bicyclic) bond motifs is 3. The van der Waals surface area contributed by atoms with Crippen molar-refractivity contribution in [1.29, 1.82) is 0 Å². The van der Waals surface area contributed by atoms with Gasteiger partial charge in [0.05, 0.1) is 5.92 Å². The summed E-state index contributed by atoms with van der Waals surface area (Å²) in [6.07, 6.45) is 1.30. The molecule has 0 unspecified atom stereocenters. The van der Waals surface area contributed by atoms with Crippen LogP contribution in [0.25, 0.3) is 21.8 Å². The third kappa shape index (κ3) is 3.28. The van der Waals surface area contributed by atoms with E-state index in [9.17, 15) is 9.59 Å². The van der Waals surface area contributed by atoms with Gasteiger partial charge in [-0.25, -0.2) is 0 Å². The van der Waals surface area contributed by atoms with E-state index in [1.165, 1.54) is 0 Å². The molecule has 0 aliphatic carbocycles. The number of nitrogens with zero attached hydrogens (tertiary/aromatic N) is 1. The van der Waals surface area contributed by atoms with E-state index in [2.05, 4.69) is 4.98 Å². The van der Waals surface area contributed by atoms with Gasteiger partial charge in [-0.05, 0) is 49.6 Å². The van der Waals surface area contributed by atoms with Crippen molar-refractivity contribution in [2.24, 2.45) is 11.7 Å². The first kappa shape index (κ1) is 17.9. The SMILES string of the molecule is C[C@H](C(=O)N1CCC(C(N)=O)CC1)c1ccc2c(c1)[nH]c1ccc(Cl)cc12. The minimum atomic E-state index is -0.264. The first-order valence-corrected chi connectivity index (χ1v) is 9.61. The lowest BCUT2D eigenvalue weighted by Gasteiger charge is -2.32. The fraction of sp³-hybridized carbons (Fsp3) is 0.333. The van der Waals surface area contributed by atoms with E-state index in [0.29, 0.717) is 31.0 Å². The van der Waals surface area contributed by atoms with Crippen LogP contribution < -0.4 is 5.73 Å². The zero-order valence-corrected chi connectivity index (χ0v) is 15.9. The summed E-state index contributed by atoms with van der Waals surface area (Å²) in [5, 5.41) is 2.88. The van der Waals surface area contributed by atoms with E-state index in [1.807, 2.05) is 48.2 Å². The lowest BCUT2D eigenvalue weighted by atomic mass is 9.93. The number of aromatic amines is 1. The van der Waals surface area contributed by atoms with Crippen LogP contribution in [0.3, 0.4) is 0 Å². The number of primary amides is 1. The van der Waals surface area contributed by atoms with Gasteiger partial charge in [0.1, 0.15) is 0 Å². The molecule has 27 heavy (non-hydrogen) atoms. The number of carbonyl (C=O) groups excluding carboxylic acids is 2. The van der Waals surface area contributed by atoms with Crippen molar-refractivity contribution in [1.82, 2.24) is 9.88 Å². The van der Waals surface area contributed by atoms with Gasteiger partial charge in [0.15, 0.2) is 0 Å². The van der Waals surface area contributed by atoms with E-state index in [0.717, 1.165) is 27.4 Å². The summed E-state index contributed by atoms with van der Waals surface area (Å²) < 4.78 is 0. The molecule has 0 saturated carbocycles. The Kier molecular flexibility index (Phi) is 4.56. The zero-order valence-electron chi connectivity index (χ0n) is 15.2. The molecule has 0 bridgehead atoms. The molecule has 140 valence electrons. The smallest absolute Gasteiger partial charge is 0.229 e. The first-order valence-electron chi connectivity index (χ1n) is 9.23. The number of likely N-dealkylation sites (tertiary alicyclic amines) is 1. The molecule has 0 spiro atoms. The molecular formula is C21H22ClN3O2. The van der Waals surface area contributed by atoms with E-state index < -0.39 is 0 Å². The Hall–Kier alpha value is -2.53. The molecule has 1 saturated heterocycles. The monoisotopic (exact) mass is 383 g/mol. The molecule has 1 fully saturated rings. The maximum atomic E-state index is 12.9. The average molecular weight is 384 g/mol. The highest BCUT2D eigenvalue weighted by Crippen LogP contribution is 2.31. The fourth-order valence-electron chi connectivity index (χ4n) is 3.96. The number of H-pyrrole nitrogens is 1. The molecule has 3 N–H and O–H groups in total. The van der Waals surface area contributed by atoms with Crippen LogP contribution in [0.4, 0.5) is 0 Å². The van der Waals surface area contributed by atoms with Gasteiger partial charge in [-0.1, -0.05) is 23.7 Å². The van der Waals surface area contributed by atoms with Crippen LogP contribution in [0, 0.1) is 5.92 Å². The van der Waals surface area contributed by atoms with Gasteiger partial charge in [-0.15, -0.1) is 0 Å². The predicted molar refractivity (Wildman–Crippen MR) is 108 cm³/mol. The summed E-state index contributed by atoms with van der Waals surface area (Å²) in [6.45, 7) is 3.11. The number of carbonyl (C=O) groups is 2. The highest BCUT2D eigenvalue weighted by Gasteiger charge is 2.29. The van der Waals surface area contributed by atoms with Crippen LogP contribution in [-0.2, 0) is 9.59 Å². The summed E-state index contributed by atoms with van der Waals surface area (Å²) in [7, 11) is 0. The number of benzene rings is 2. The molecule has 6 heteroatoms. The molecule has 1 aromatic heterocycles. The first-order chi connectivity index (χ1) is 12.9. The normalized spacial score (nSPS) is 16.7. The Morgan fingerprint density at radius 1 is 1.11 bits per heavy atom. The maximum Gasteiger partial charge on any atom is 0.229 e. The number of aromatic nitrogens is 1. The number of amides is 2. The Morgan fingerprint density at radius 2 is 1.85 bits per heavy atom. The Bertz CT molecular complexity index is 1030. The molecule has 5 nitrogen and oxygen atoms in total. The van der Waals surface area contributed by atoms with Crippen LogP contribution in [0.15, 0.2) is 36.4 Å². The molecule has 0 radical (unpaired) electrons. The van der Waals surface area contributed by atoms with Crippen molar-refractivity contribution in [3.63, 3.8) is 0 Å². The number of halogens is 1. The molecule has 4 rings (SSSR count). The van der Waals surface area contributed by atoms with Crippen LogP contribution in [0.2, 0.25) is 5.02 Å². The minimum Gasteiger partial charge on any atom is -0.369 e. The second-order valence-electron chi connectivity index (χ2n) is 7.34. The summed E-state index contributed by atoms with van der Waals surface area (Å²) in [6, 6.07) is 11.9. The summed E-state index contributed by atoms with van der Waals surface area (Å²) >= 11 is 6.12. The Balaban J connectivity index is 1.57. The van der Waals surface area contributed by atoms with E-state index in [-0.39, 0.29) is 23.7 Å². The average Bonchev–Trinajstić information content (AvgIpc) is 3.03. The number of nitrogens with one attached hydrogen (secondary N) is 1. The topological polar surface area (TPSA) is 79.2 Å². The van der Waals surface area contributed by atoms with Crippen molar-refractivity contribution >= 4 is 45.2 Å². The highest BCUT2D eigenvalue weighted by atomic mass is 35.5. The lowest BCUT2D eigenvalue weighted by Crippen LogP contribution is -2.43. The van der Waals surface area contributed by atoms with E-state index in [4.69, 9.17) is 17.3 Å². The van der Waals surface area contributed by atoms with Crippen molar-refractivity contribution in [2.75, 3.05) is 13.1 Å². The number of hydrogen-bond donors (Lipinski definition) is 2. The zero-order chi connectivity index (χ0) is 19.1. The van der Waals surface area contributed by atoms with Gasteiger partial charge < -0.3 is 15.6 Å². The molecule has 2 aromatic carbocycles. The van der Waals surface area contributed by atoms with Gasteiger partial charge in [0.2, 0.25) is 11.8 Å². The van der Waals surface area contributed by atoms with E-state index >= 15 is 0 Å². The fourth-order valence-corrected chi connectivity index (χ4v) is 4.14. The summed E-state index contributed by atoms with van der Waals surface area (Å²) in [5.74, 6) is -0.524. The standard InChI is InChI=1S/C21H22ClN3O2/c1-12(21(27)25-8-6-13(7-9-25)20(23)26)14-2-4-16-17-11-15(22)3-5-18(17)24-19(16)10-14/h2-5,10-13,24H,6-9H2,1H3,(H2,23,26)/t12-/m0/s1. The van der Waals surface area contributed by atoms with Gasteiger partial charge in [-0.3, -0.25) is 9.59 Å². The van der Waals surface area contributed by atoms with Gasteiger partial charge in [-0.2, -0.15) is 0 Å². The molecule has 2 amide bonds. The Labute approximate surface area is 162 Å². The van der Waals surface area contributed by atoms with Crippen molar-refractivity contribution in [3.05, 3.63) is 47.0 Å². The molecular weight excluding hydrogens is 362 g/mol. The molecule has 1 atom stereocenters. The third-order valence-electron chi connectivity index (χ3n) is 5.66.